The Morgan fingerprint density at radius 2 is 0.923 bits per heavy atom. The second-order valence-electron chi connectivity index (χ2n) is 10.9. The van der Waals surface area contributed by atoms with Gasteiger partial charge in [-0.05, 0) is 120 Å². The summed E-state index contributed by atoms with van der Waals surface area (Å²) in [4.78, 5) is 4.89. The van der Waals surface area contributed by atoms with Gasteiger partial charge in [-0.1, -0.05) is 66.2 Å². The van der Waals surface area contributed by atoms with Crippen molar-refractivity contribution in [3.63, 3.8) is 0 Å². The van der Waals surface area contributed by atoms with Gasteiger partial charge in [0.05, 0.1) is 9.81 Å². The van der Waals surface area contributed by atoms with E-state index in [1.807, 2.05) is 0 Å². The van der Waals surface area contributed by atoms with Gasteiger partial charge in [0, 0.05) is 5.41 Å². The molecule has 39 heavy (non-hydrogen) atoms. The summed E-state index contributed by atoms with van der Waals surface area (Å²) in [7, 11) is -7.75. The van der Waals surface area contributed by atoms with Gasteiger partial charge in [-0.15, -0.1) is 0 Å². The van der Waals surface area contributed by atoms with Gasteiger partial charge >= 0.3 is 0 Å². The second kappa shape index (κ2) is 14.3. The lowest BCUT2D eigenvalue weighted by atomic mass is 9.69. The molecule has 1 aliphatic carbocycles. The maximum atomic E-state index is 13.4. The molecule has 0 amide bonds. The van der Waals surface area contributed by atoms with E-state index in [9.17, 15) is 16.8 Å². The summed E-state index contributed by atoms with van der Waals surface area (Å²) < 4.78 is 53.6. The molecule has 0 bridgehead atoms. The molecular weight excluding hydrogens is 664 g/mol. The van der Waals surface area contributed by atoms with Crippen LogP contribution in [0, 0.1) is 5.41 Å². The van der Waals surface area contributed by atoms with Crippen molar-refractivity contribution in [3.05, 3.63) is 40.7 Å². The summed E-state index contributed by atoms with van der Waals surface area (Å²) in [5.74, 6) is 0. The number of fused-ring (bicyclic) bond motifs is 1. The first-order valence-electron chi connectivity index (χ1n) is 14.7. The Morgan fingerprint density at radius 3 is 1.26 bits per heavy atom. The number of hydrogen-bond acceptors (Lipinski definition) is 6. The molecule has 0 saturated carbocycles. The average molecular weight is 711 g/mol. The molecule has 0 unspecified atom stereocenters. The number of sulfone groups is 2. The molecule has 0 N–H and O–H groups in total. The molecular formula is C29H46Br2N2O4S2. The van der Waals surface area contributed by atoms with E-state index in [-0.39, 0.29) is 17.4 Å². The fourth-order valence-corrected chi connectivity index (χ4v) is 11.1. The fraction of sp³-hybridized carbons (Fsp3) is 0.724. The van der Waals surface area contributed by atoms with E-state index >= 15 is 0 Å². The maximum Gasteiger partial charge on any atom is 0.214 e. The van der Waals surface area contributed by atoms with Crippen LogP contribution in [0.5, 0.6) is 0 Å². The van der Waals surface area contributed by atoms with Crippen LogP contribution >= 0.6 is 31.9 Å². The normalized spacial score (nSPS) is 20.7. The fourth-order valence-electron chi connectivity index (χ4n) is 6.32. The molecule has 0 aromatic rings. The highest BCUT2D eigenvalue weighted by atomic mass is 79.9. The monoisotopic (exact) mass is 708 g/mol. The number of rotatable bonds is 18. The highest BCUT2D eigenvalue weighted by molar-refractivity contribution is 9.14. The number of hydrogen-bond donors (Lipinski definition) is 0. The van der Waals surface area contributed by atoms with E-state index in [1.165, 1.54) is 0 Å². The molecule has 0 radical (unpaired) electrons. The number of unbranched alkanes of at least 4 members (excludes halogenated alkanes) is 6. The van der Waals surface area contributed by atoms with E-state index in [4.69, 9.17) is 0 Å². The van der Waals surface area contributed by atoms with Crippen LogP contribution in [0.2, 0.25) is 0 Å². The largest absolute Gasteiger partial charge is 0.304 e. The Kier molecular flexibility index (Phi) is 12.2. The summed E-state index contributed by atoms with van der Waals surface area (Å²) in [6, 6.07) is 0. The van der Waals surface area contributed by atoms with Crippen molar-refractivity contribution in [3.8, 4) is 0 Å². The molecule has 3 aliphatic rings. The van der Waals surface area contributed by atoms with Crippen LogP contribution in [-0.4, -0.2) is 65.9 Å². The number of nitrogens with zero attached hydrogens (tertiary/aromatic N) is 2. The van der Waals surface area contributed by atoms with Crippen LogP contribution in [0.4, 0.5) is 0 Å². The van der Waals surface area contributed by atoms with Gasteiger partial charge in [0.1, 0.15) is 7.63 Å². The van der Waals surface area contributed by atoms with E-state index in [0.29, 0.717) is 11.1 Å². The van der Waals surface area contributed by atoms with Gasteiger partial charge in [0.15, 0.2) is 0 Å². The molecule has 222 valence electrons. The predicted molar refractivity (Wildman–Crippen MR) is 170 cm³/mol. The van der Waals surface area contributed by atoms with Crippen molar-refractivity contribution in [2.45, 2.75) is 91.9 Å². The predicted octanol–water partition coefficient (Wildman–Crippen LogP) is 7.41. The molecule has 6 nitrogen and oxygen atoms in total. The van der Waals surface area contributed by atoms with Gasteiger partial charge < -0.3 is 9.80 Å². The van der Waals surface area contributed by atoms with Crippen molar-refractivity contribution >= 4 is 51.5 Å². The molecule has 10 heteroatoms. The van der Waals surface area contributed by atoms with Crippen LogP contribution in [0.3, 0.4) is 0 Å². The molecule has 0 aromatic carbocycles. The Morgan fingerprint density at radius 1 is 0.590 bits per heavy atom. The first kappa shape index (κ1) is 33.2. The third kappa shape index (κ3) is 6.87. The van der Waals surface area contributed by atoms with Crippen LogP contribution in [-0.2, 0) is 19.7 Å². The number of allylic oxidation sites excluding steroid dienone is 4. The minimum Gasteiger partial charge on any atom is -0.304 e. The zero-order valence-corrected chi connectivity index (χ0v) is 28.9. The third-order valence-electron chi connectivity index (χ3n) is 8.74. The first-order valence-corrected chi connectivity index (χ1v) is 19.3. The second-order valence-corrected chi connectivity index (χ2v) is 17.3. The van der Waals surface area contributed by atoms with Crippen LogP contribution in [0.25, 0.3) is 0 Å². The lowest BCUT2D eigenvalue weighted by Gasteiger charge is -2.33. The van der Waals surface area contributed by atoms with E-state index in [2.05, 4.69) is 69.4 Å². The van der Waals surface area contributed by atoms with Gasteiger partial charge in [-0.2, -0.15) is 0 Å². The first-order chi connectivity index (χ1) is 18.5. The van der Waals surface area contributed by atoms with E-state index < -0.39 is 25.1 Å². The summed E-state index contributed by atoms with van der Waals surface area (Å²) in [5.41, 5.74) is 0.782. The van der Waals surface area contributed by atoms with Crippen molar-refractivity contribution in [2.75, 3.05) is 39.3 Å². The van der Waals surface area contributed by atoms with Crippen LogP contribution in [0.15, 0.2) is 40.7 Å². The average Bonchev–Trinajstić information content (AvgIpc) is 3.41. The SMILES string of the molecule is CCN(CC)CCCCCCC1(CCCCCCN(CC)CC)C2=C(C3=C1C=C(Br)S3(=O)=O)S(=O)(=O)C(Br)=C2. The van der Waals surface area contributed by atoms with Crippen molar-refractivity contribution in [2.24, 2.45) is 5.41 Å². The van der Waals surface area contributed by atoms with Crippen LogP contribution < -0.4 is 0 Å². The molecule has 0 saturated heterocycles. The molecule has 3 rings (SSSR count). The van der Waals surface area contributed by atoms with Gasteiger partial charge in [-0.25, -0.2) is 16.8 Å². The van der Waals surface area contributed by atoms with Gasteiger partial charge in [0.25, 0.3) is 0 Å². The van der Waals surface area contributed by atoms with Crippen molar-refractivity contribution in [1.29, 1.82) is 0 Å². The highest BCUT2D eigenvalue weighted by Crippen LogP contribution is 2.63. The Balaban J connectivity index is 1.81. The molecule has 0 atom stereocenters. The standard InChI is InChI=1S/C29H46Br2N2O4S2/c1-5-32(6-2)19-15-11-9-13-17-29(18-14-10-12-16-20-33(7-3)8-4)23-21-25(30)38(34,35)27(23)28-24(29)22-26(31)39(28,36)37/h21-22H,5-20H2,1-4H3. The molecule has 0 spiro atoms. The summed E-state index contributed by atoms with van der Waals surface area (Å²) in [6.45, 7) is 15.2. The van der Waals surface area contributed by atoms with E-state index in [1.54, 1.807) is 12.2 Å². The lowest BCUT2D eigenvalue weighted by Crippen LogP contribution is -2.24. The Bertz CT molecular complexity index is 1130. The Labute approximate surface area is 254 Å². The minimum absolute atomic E-state index is 0.0122. The molecule has 2 aliphatic heterocycles. The zero-order chi connectivity index (χ0) is 28.8. The van der Waals surface area contributed by atoms with E-state index in [0.717, 1.165) is 103 Å². The molecule has 0 aromatic heterocycles. The third-order valence-corrected chi connectivity index (χ3v) is 15.1. The van der Waals surface area contributed by atoms with Gasteiger partial charge in [0.2, 0.25) is 19.7 Å². The number of halogens is 2. The maximum absolute atomic E-state index is 13.4. The minimum atomic E-state index is -3.88. The Hall–Kier alpha value is -0.260. The quantitative estimate of drug-likeness (QED) is 0.138. The van der Waals surface area contributed by atoms with Crippen LogP contribution in [0.1, 0.15) is 91.9 Å². The summed E-state index contributed by atoms with van der Waals surface area (Å²) in [5, 5.41) is 0. The van der Waals surface area contributed by atoms with Crippen molar-refractivity contribution < 1.29 is 16.8 Å². The van der Waals surface area contributed by atoms with Gasteiger partial charge in [-0.3, -0.25) is 0 Å². The highest BCUT2D eigenvalue weighted by Gasteiger charge is 2.57. The zero-order valence-electron chi connectivity index (χ0n) is 24.1. The summed E-state index contributed by atoms with van der Waals surface area (Å²) in [6.07, 6.45) is 13.4. The smallest absolute Gasteiger partial charge is 0.214 e. The van der Waals surface area contributed by atoms with Crippen molar-refractivity contribution in [1.82, 2.24) is 9.80 Å². The molecule has 2 heterocycles. The summed E-state index contributed by atoms with van der Waals surface area (Å²) >= 11 is 6.50. The topological polar surface area (TPSA) is 74.8 Å². The lowest BCUT2D eigenvalue weighted by molar-refractivity contribution is 0.289. The molecule has 0 fully saturated rings.